The Balaban J connectivity index is 1.51. The van der Waals surface area contributed by atoms with E-state index in [1.165, 1.54) is 37.5 Å². The summed E-state index contributed by atoms with van der Waals surface area (Å²) < 4.78 is 15.7. The number of hydrogen-bond acceptors (Lipinski definition) is 7. The van der Waals surface area contributed by atoms with Gasteiger partial charge >= 0.3 is 18.0 Å². The number of amides is 3. The lowest BCUT2D eigenvalue weighted by Crippen LogP contribution is -2.30. The van der Waals surface area contributed by atoms with Crippen LogP contribution in [0, 0.1) is 6.92 Å². The molecule has 0 bridgehead atoms. The summed E-state index contributed by atoms with van der Waals surface area (Å²) in [4.78, 5) is 48.5. The van der Waals surface area contributed by atoms with Gasteiger partial charge in [0.1, 0.15) is 23.0 Å². The van der Waals surface area contributed by atoms with Crippen LogP contribution in [-0.2, 0) is 16.1 Å². The van der Waals surface area contributed by atoms with Crippen molar-refractivity contribution in [2.75, 3.05) is 7.11 Å². The number of urea groups is 1. The van der Waals surface area contributed by atoms with Crippen molar-refractivity contribution in [3.8, 4) is 11.3 Å². The monoisotopic (exact) mass is 450 g/mol. The lowest BCUT2D eigenvalue weighted by atomic mass is 10.0. The summed E-state index contributed by atoms with van der Waals surface area (Å²) in [6, 6.07) is 10.2. The fraction of sp³-hybridized carbons (Fsp3) is 0.130. The Kier molecular flexibility index (Phi) is 5.57. The molecule has 0 radical (unpaired) electrons. The quantitative estimate of drug-likeness (QED) is 0.331. The summed E-state index contributed by atoms with van der Waals surface area (Å²) in [5.41, 5.74) is 1.59. The molecule has 0 atom stereocenters. The number of rotatable bonds is 6. The number of aromatic carboxylic acids is 1. The van der Waals surface area contributed by atoms with E-state index in [0.717, 1.165) is 4.90 Å². The molecule has 3 amide bonds. The predicted octanol–water partition coefficient (Wildman–Crippen LogP) is 3.43. The molecule has 0 spiro atoms. The first-order valence-corrected chi connectivity index (χ1v) is 9.72. The van der Waals surface area contributed by atoms with Gasteiger partial charge < -0.3 is 24.0 Å². The van der Waals surface area contributed by atoms with Crippen molar-refractivity contribution >= 4 is 30.0 Å². The van der Waals surface area contributed by atoms with E-state index in [9.17, 15) is 19.2 Å². The molecular weight excluding hydrogens is 432 g/mol. The van der Waals surface area contributed by atoms with E-state index in [-0.39, 0.29) is 29.3 Å². The molecule has 0 aliphatic carbocycles. The normalized spacial score (nSPS) is 14.6. The number of furan rings is 2. The molecule has 1 aliphatic heterocycles. The number of hydrogen-bond donors (Lipinski definition) is 2. The number of nitrogens with zero attached hydrogens (tertiary/aromatic N) is 1. The minimum absolute atomic E-state index is 0.0126. The number of methoxy groups -OCH3 is 1. The molecule has 3 heterocycles. The lowest BCUT2D eigenvalue weighted by Gasteiger charge is -2.09. The number of ether oxygens (including phenoxy) is 1. The molecule has 1 aromatic carbocycles. The van der Waals surface area contributed by atoms with Gasteiger partial charge in [-0.3, -0.25) is 9.69 Å². The van der Waals surface area contributed by atoms with Crippen LogP contribution in [0.2, 0.25) is 0 Å². The van der Waals surface area contributed by atoms with Crippen molar-refractivity contribution in [1.82, 2.24) is 10.2 Å². The zero-order valence-corrected chi connectivity index (χ0v) is 17.6. The summed E-state index contributed by atoms with van der Waals surface area (Å²) in [5.74, 6) is -1.27. The smallest absolute Gasteiger partial charge is 0.373 e. The number of carboxylic acid groups (broad SMARTS) is 1. The maximum atomic E-state index is 12.7. The van der Waals surface area contributed by atoms with E-state index in [4.69, 9.17) is 13.9 Å². The highest BCUT2D eigenvalue weighted by Gasteiger charge is 2.34. The van der Waals surface area contributed by atoms with E-state index in [2.05, 4.69) is 10.1 Å². The van der Waals surface area contributed by atoms with E-state index in [1.54, 1.807) is 25.1 Å². The summed E-state index contributed by atoms with van der Waals surface area (Å²) >= 11 is 0. The van der Waals surface area contributed by atoms with Gasteiger partial charge in [-0.15, -0.1) is 0 Å². The van der Waals surface area contributed by atoms with Gasteiger partial charge in [0.25, 0.3) is 5.91 Å². The maximum Gasteiger partial charge on any atom is 0.373 e. The number of esters is 1. The molecular formula is C23H18N2O8. The van der Waals surface area contributed by atoms with Crippen LogP contribution in [0.3, 0.4) is 0 Å². The number of carbonyl (C=O) groups excluding carboxylic acids is 3. The third-order valence-electron chi connectivity index (χ3n) is 4.98. The van der Waals surface area contributed by atoms with Crippen LogP contribution in [0.15, 0.2) is 57.0 Å². The third kappa shape index (κ3) is 4.26. The highest BCUT2D eigenvalue weighted by Crippen LogP contribution is 2.28. The Morgan fingerprint density at radius 1 is 1.12 bits per heavy atom. The molecule has 1 fully saturated rings. The van der Waals surface area contributed by atoms with Crippen LogP contribution in [0.4, 0.5) is 4.79 Å². The zero-order valence-electron chi connectivity index (χ0n) is 17.6. The van der Waals surface area contributed by atoms with Gasteiger partial charge in [-0.2, -0.15) is 0 Å². The number of benzene rings is 1. The highest BCUT2D eigenvalue weighted by molar-refractivity contribution is 6.13. The second-order valence-electron chi connectivity index (χ2n) is 7.17. The van der Waals surface area contributed by atoms with E-state index in [1.807, 2.05) is 0 Å². The molecule has 0 unspecified atom stereocenters. The molecule has 3 aromatic rings. The molecule has 4 rings (SSSR count). The van der Waals surface area contributed by atoms with Gasteiger partial charge in [-0.1, -0.05) is 6.07 Å². The van der Waals surface area contributed by atoms with Crippen molar-refractivity contribution in [3.05, 3.63) is 76.6 Å². The van der Waals surface area contributed by atoms with Crippen molar-refractivity contribution in [1.29, 1.82) is 0 Å². The molecule has 168 valence electrons. The Morgan fingerprint density at radius 3 is 2.61 bits per heavy atom. The van der Waals surface area contributed by atoms with Gasteiger partial charge in [0.2, 0.25) is 5.76 Å². The van der Waals surface area contributed by atoms with Crippen LogP contribution in [0.25, 0.3) is 17.4 Å². The molecule has 0 saturated carbocycles. The summed E-state index contributed by atoms with van der Waals surface area (Å²) in [6.45, 7) is 1.60. The van der Waals surface area contributed by atoms with Crippen LogP contribution < -0.4 is 5.32 Å². The molecule has 2 N–H and O–H groups in total. The molecule has 1 aliphatic rings. The summed E-state index contributed by atoms with van der Waals surface area (Å²) in [5, 5.41) is 11.6. The van der Waals surface area contributed by atoms with E-state index >= 15 is 0 Å². The van der Waals surface area contributed by atoms with Crippen molar-refractivity contribution in [2.24, 2.45) is 0 Å². The second-order valence-corrected chi connectivity index (χ2v) is 7.17. The fourth-order valence-electron chi connectivity index (χ4n) is 3.33. The highest BCUT2D eigenvalue weighted by atomic mass is 16.5. The number of carboxylic acids is 1. The van der Waals surface area contributed by atoms with Crippen LogP contribution in [0.5, 0.6) is 0 Å². The number of imide groups is 1. The van der Waals surface area contributed by atoms with Gasteiger partial charge in [0.15, 0.2) is 0 Å². The Labute approximate surface area is 187 Å². The molecule has 10 heteroatoms. The number of carbonyl (C=O) groups is 4. The fourth-order valence-corrected chi connectivity index (χ4v) is 3.33. The lowest BCUT2D eigenvalue weighted by molar-refractivity contribution is -0.123. The number of aryl methyl sites for hydroxylation is 1. The summed E-state index contributed by atoms with van der Waals surface area (Å²) in [7, 11) is 1.21. The van der Waals surface area contributed by atoms with Crippen LogP contribution in [-0.4, -0.2) is 41.0 Å². The predicted molar refractivity (Wildman–Crippen MR) is 113 cm³/mol. The minimum atomic E-state index is -1.02. The third-order valence-corrected chi connectivity index (χ3v) is 4.98. The summed E-state index contributed by atoms with van der Waals surface area (Å²) in [6.07, 6.45) is 1.40. The van der Waals surface area contributed by atoms with Crippen molar-refractivity contribution in [2.45, 2.75) is 13.5 Å². The Morgan fingerprint density at radius 2 is 1.91 bits per heavy atom. The second kappa shape index (κ2) is 8.50. The molecule has 2 aromatic heterocycles. The SMILES string of the molecule is COC(=O)c1ccc(CN2C(=O)N/C(=C\c3ccc(-c4ccc(C(=O)O)cc4C)o3)C2=O)o1. The van der Waals surface area contributed by atoms with Gasteiger partial charge in [0.05, 0.1) is 19.2 Å². The minimum Gasteiger partial charge on any atom is -0.478 e. The van der Waals surface area contributed by atoms with Crippen molar-refractivity contribution in [3.63, 3.8) is 0 Å². The van der Waals surface area contributed by atoms with Gasteiger partial charge in [-0.25, -0.2) is 14.4 Å². The molecule has 10 nitrogen and oxygen atoms in total. The Hall–Kier alpha value is -4.60. The van der Waals surface area contributed by atoms with Gasteiger partial charge in [-0.05, 0) is 48.9 Å². The first kappa shape index (κ1) is 21.6. The van der Waals surface area contributed by atoms with Crippen molar-refractivity contribution < 1.29 is 37.9 Å². The van der Waals surface area contributed by atoms with Crippen LogP contribution in [0.1, 0.15) is 38.0 Å². The largest absolute Gasteiger partial charge is 0.478 e. The Bertz CT molecular complexity index is 1310. The average molecular weight is 450 g/mol. The van der Waals surface area contributed by atoms with Crippen LogP contribution >= 0.6 is 0 Å². The zero-order chi connectivity index (χ0) is 23.7. The number of nitrogens with one attached hydrogen (secondary N) is 1. The van der Waals surface area contributed by atoms with Gasteiger partial charge in [0, 0.05) is 11.6 Å². The first-order chi connectivity index (χ1) is 15.8. The topological polar surface area (TPSA) is 139 Å². The maximum absolute atomic E-state index is 12.7. The standard InChI is InChI=1S/C23H18N2O8/c1-12-9-13(21(27)28)3-6-16(12)18-7-4-14(32-18)10-17-20(26)25(23(30)24-17)11-15-5-8-19(33-15)22(29)31-2/h3-10H,11H2,1-2H3,(H,24,30)(H,27,28)/b17-10-. The average Bonchev–Trinajstić information content (AvgIpc) is 3.50. The van der Waals surface area contributed by atoms with E-state index < -0.39 is 23.9 Å². The molecule has 33 heavy (non-hydrogen) atoms. The van der Waals surface area contributed by atoms with E-state index in [0.29, 0.717) is 22.6 Å². The molecule has 1 saturated heterocycles. The first-order valence-electron chi connectivity index (χ1n) is 9.72.